The largest absolute Gasteiger partial charge is 0.342 e. The Bertz CT molecular complexity index is 1920. The minimum absolute atomic E-state index is 0.0310. The number of amides is 5. The van der Waals surface area contributed by atoms with Crippen molar-refractivity contribution in [3.63, 3.8) is 0 Å². The molecular formula is C44H66N6O7S. The Morgan fingerprint density at radius 2 is 1.53 bits per heavy atom. The zero-order valence-electron chi connectivity index (χ0n) is 35.9. The summed E-state index contributed by atoms with van der Waals surface area (Å²) in [5, 5.41) is 9.00. The quantitative estimate of drug-likeness (QED) is 0.214. The highest BCUT2D eigenvalue weighted by Gasteiger charge is 2.85. The number of nitrogens with one attached hydrogen (secondary N) is 4. The second-order valence-electron chi connectivity index (χ2n) is 20.0. The first-order chi connectivity index (χ1) is 27.0. The van der Waals surface area contributed by atoms with Crippen LogP contribution >= 0.6 is 0 Å². The number of piperidine rings is 1. The Balaban J connectivity index is 1.25. The minimum Gasteiger partial charge on any atom is -0.342 e. The van der Waals surface area contributed by atoms with E-state index in [-0.39, 0.29) is 51.5 Å². The van der Waals surface area contributed by atoms with E-state index in [1.165, 1.54) is 18.2 Å². The van der Waals surface area contributed by atoms with Gasteiger partial charge in [-0.15, -0.1) is 6.58 Å². The van der Waals surface area contributed by atoms with E-state index in [0.717, 1.165) is 38.6 Å². The molecule has 0 radical (unpaired) electrons. The van der Waals surface area contributed by atoms with E-state index in [1.54, 1.807) is 23.1 Å². The fourth-order valence-corrected chi connectivity index (χ4v) is 12.0. The molecular weight excluding hydrogens is 757 g/mol. The van der Waals surface area contributed by atoms with Crippen LogP contribution in [-0.2, 0) is 34.0 Å². The molecule has 2 spiro atoms. The van der Waals surface area contributed by atoms with E-state index in [1.807, 2.05) is 34.6 Å². The van der Waals surface area contributed by atoms with Crippen LogP contribution in [0, 0.1) is 33.5 Å². The van der Waals surface area contributed by atoms with Crippen LogP contribution in [-0.4, -0.2) is 96.6 Å². The van der Waals surface area contributed by atoms with Gasteiger partial charge in [0, 0.05) is 23.9 Å². The van der Waals surface area contributed by atoms with Crippen molar-refractivity contribution in [1.82, 2.24) is 30.5 Å². The molecule has 58 heavy (non-hydrogen) atoms. The summed E-state index contributed by atoms with van der Waals surface area (Å²) in [5.41, 5.74) is -2.79. The van der Waals surface area contributed by atoms with Crippen molar-refractivity contribution in [2.24, 2.45) is 33.5 Å². The average molecular weight is 823 g/mol. The number of hydrogen-bond donors (Lipinski definition) is 4. The summed E-state index contributed by atoms with van der Waals surface area (Å²) in [7, 11) is -4.24. The number of nitrogens with zero attached hydrogens (tertiary/aromatic N) is 2. The average Bonchev–Trinajstić information content (AvgIpc) is 3.87. The normalized spacial score (nSPS) is 29.6. The number of fused-ring (bicyclic) bond motifs is 1. The maximum atomic E-state index is 15.0. The number of sulfonamides is 1. The molecule has 2 saturated heterocycles. The standard InChI is InChI=1S/C44H66N6O7S/c1-11-29-24-44(29,39(55)48-58(56,57)30-18-13-12-14-19-30)47-36(52)32-25-43(41(9,10)42(43)21-17-22-42)26-50(32)38(54)33(27(2)3)45-37(53)34(40(6,7)8)46-35(51)31-20-15-16-23-49(31)28(4)5/h11-14,18-19,27-29,31-34H,1,15-17,20-26H2,2-10H3,(H,45,53)(H,46,51)(H,47,52)(H,48,55)/t29-,31+,32+,33+,34-,43-,44-/m1/s1. The maximum absolute atomic E-state index is 15.0. The van der Waals surface area contributed by atoms with Crippen LogP contribution in [0.5, 0.6) is 0 Å². The number of rotatable bonds is 13. The van der Waals surface area contributed by atoms with Crippen LogP contribution in [0.1, 0.15) is 114 Å². The van der Waals surface area contributed by atoms with Crippen LogP contribution in [0.25, 0.3) is 0 Å². The first-order valence-electron chi connectivity index (χ1n) is 21.2. The van der Waals surface area contributed by atoms with Crippen molar-refractivity contribution in [3.8, 4) is 0 Å². The van der Waals surface area contributed by atoms with Crippen molar-refractivity contribution in [2.75, 3.05) is 13.1 Å². The summed E-state index contributed by atoms with van der Waals surface area (Å²) in [6.07, 6.45) is 7.75. The molecule has 3 saturated carbocycles. The van der Waals surface area contributed by atoms with Crippen molar-refractivity contribution in [3.05, 3.63) is 43.0 Å². The monoisotopic (exact) mass is 822 g/mol. The molecule has 3 aliphatic carbocycles. The predicted octanol–water partition coefficient (Wildman–Crippen LogP) is 4.28. The molecule has 320 valence electrons. The number of likely N-dealkylation sites (tertiary alicyclic amines) is 2. The molecule has 13 nitrogen and oxygen atoms in total. The molecule has 0 unspecified atom stereocenters. The smallest absolute Gasteiger partial charge is 0.264 e. The molecule has 0 aromatic heterocycles. The molecule has 7 atom stereocenters. The van der Waals surface area contributed by atoms with Gasteiger partial charge in [0.05, 0.1) is 10.9 Å². The van der Waals surface area contributed by atoms with Gasteiger partial charge in [0.25, 0.3) is 15.9 Å². The lowest BCUT2D eigenvalue weighted by molar-refractivity contribution is -0.144. The summed E-state index contributed by atoms with van der Waals surface area (Å²) in [5.74, 6) is -3.39. The van der Waals surface area contributed by atoms with Crippen molar-refractivity contribution >= 4 is 39.6 Å². The third kappa shape index (κ3) is 7.28. The van der Waals surface area contributed by atoms with Gasteiger partial charge in [-0.05, 0) is 93.2 Å². The lowest BCUT2D eigenvalue weighted by Crippen LogP contribution is -2.63. The molecule has 5 amide bonds. The summed E-state index contributed by atoms with van der Waals surface area (Å²) in [6.45, 7) is 22.8. The number of hydrogen-bond acceptors (Lipinski definition) is 8. The Hall–Kier alpha value is -3.78. The van der Waals surface area contributed by atoms with E-state index in [2.05, 4.69) is 59.8 Å². The first kappa shape index (κ1) is 43.8. The third-order valence-corrected chi connectivity index (χ3v) is 16.2. The fraction of sp³-hybridized carbons (Fsp3) is 0.705. The lowest BCUT2D eigenvalue weighted by Gasteiger charge is -2.40. The van der Waals surface area contributed by atoms with Gasteiger partial charge in [-0.3, -0.25) is 28.9 Å². The van der Waals surface area contributed by atoms with Crippen LogP contribution in [0.2, 0.25) is 0 Å². The van der Waals surface area contributed by atoms with Gasteiger partial charge in [-0.25, -0.2) is 13.1 Å². The van der Waals surface area contributed by atoms with Gasteiger partial charge in [0.15, 0.2) is 0 Å². The van der Waals surface area contributed by atoms with Crippen LogP contribution < -0.4 is 20.7 Å². The van der Waals surface area contributed by atoms with E-state index in [4.69, 9.17) is 0 Å². The molecule has 1 aromatic rings. The van der Waals surface area contributed by atoms with Gasteiger partial charge < -0.3 is 20.9 Å². The zero-order valence-corrected chi connectivity index (χ0v) is 36.8. The molecule has 4 N–H and O–H groups in total. The van der Waals surface area contributed by atoms with E-state index in [0.29, 0.717) is 19.4 Å². The van der Waals surface area contributed by atoms with Gasteiger partial charge in [-0.2, -0.15) is 0 Å². The highest BCUT2D eigenvalue weighted by Crippen LogP contribution is 2.88. The predicted molar refractivity (Wildman–Crippen MR) is 221 cm³/mol. The first-order valence-corrected chi connectivity index (χ1v) is 22.7. The van der Waals surface area contributed by atoms with Gasteiger partial charge in [-0.1, -0.05) is 85.6 Å². The summed E-state index contributed by atoms with van der Waals surface area (Å²) in [4.78, 5) is 75.3. The Morgan fingerprint density at radius 1 is 0.879 bits per heavy atom. The fourth-order valence-electron chi connectivity index (χ4n) is 11.0. The highest BCUT2D eigenvalue weighted by molar-refractivity contribution is 7.90. The van der Waals surface area contributed by atoms with Crippen molar-refractivity contribution < 1.29 is 32.4 Å². The summed E-state index contributed by atoms with van der Waals surface area (Å²) < 4.78 is 28.6. The lowest BCUT2D eigenvalue weighted by atomic mass is 9.73. The van der Waals surface area contributed by atoms with Gasteiger partial charge in [0.1, 0.15) is 23.7 Å². The molecule has 5 aliphatic rings. The zero-order chi connectivity index (χ0) is 42.8. The Labute approximate surface area is 345 Å². The van der Waals surface area contributed by atoms with E-state index in [9.17, 15) is 32.4 Å². The van der Waals surface area contributed by atoms with Gasteiger partial charge >= 0.3 is 0 Å². The Kier molecular flexibility index (Phi) is 11.6. The third-order valence-electron chi connectivity index (χ3n) is 14.9. The Morgan fingerprint density at radius 3 is 2.05 bits per heavy atom. The number of carbonyl (C=O) groups is 5. The molecule has 2 aliphatic heterocycles. The maximum Gasteiger partial charge on any atom is 0.264 e. The number of carbonyl (C=O) groups excluding carboxylic acids is 5. The van der Waals surface area contributed by atoms with Crippen LogP contribution in [0.15, 0.2) is 47.9 Å². The molecule has 1 aromatic carbocycles. The van der Waals surface area contributed by atoms with E-state index < -0.39 is 68.6 Å². The highest BCUT2D eigenvalue weighted by atomic mass is 32.2. The van der Waals surface area contributed by atoms with Crippen molar-refractivity contribution in [2.45, 2.75) is 154 Å². The topological polar surface area (TPSA) is 174 Å². The van der Waals surface area contributed by atoms with E-state index >= 15 is 0 Å². The summed E-state index contributed by atoms with van der Waals surface area (Å²) in [6, 6.07) is 4.42. The van der Waals surface area contributed by atoms with Gasteiger partial charge in [0.2, 0.25) is 23.6 Å². The molecule has 0 bridgehead atoms. The van der Waals surface area contributed by atoms with Crippen LogP contribution in [0.4, 0.5) is 0 Å². The molecule has 14 heteroatoms. The van der Waals surface area contributed by atoms with Crippen LogP contribution in [0.3, 0.4) is 0 Å². The SMILES string of the molecule is C=C[C@@H]1C[C@]1(NC(=O)[C@@H]1C[C@@]2(CN1C(=O)[C@@H](NC(=O)[C@@H](NC(=O)[C@@H]1CCCCN1C(C)C)C(C)(C)C)C(C)C)C(C)(C)C21CCC1)C(=O)NS(=O)(=O)c1ccccc1. The minimum atomic E-state index is -4.24. The molecule has 2 heterocycles. The second-order valence-corrected chi connectivity index (χ2v) is 21.6. The van der Waals surface area contributed by atoms with Crippen molar-refractivity contribution in [1.29, 1.82) is 0 Å². The molecule has 5 fully saturated rings. The second kappa shape index (κ2) is 15.4. The number of benzene rings is 1. The molecule has 6 rings (SSSR count). The summed E-state index contributed by atoms with van der Waals surface area (Å²) >= 11 is 0.